The molecule has 0 radical (unpaired) electrons. The molecule has 0 spiro atoms. The lowest BCUT2D eigenvalue weighted by Crippen LogP contribution is -2.32. The van der Waals surface area contributed by atoms with Crippen LogP contribution in [0.5, 0.6) is 5.75 Å². The molecule has 4 heteroatoms. The average molecular weight is 301 g/mol. The van der Waals surface area contributed by atoms with Crippen LogP contribution in [0.25, 0.3) is 0 Å². The number of rotatable bonds is 5. The highest BCUT2D eigenvalue weighted by atomic mass is 19.1. The molecular weight excluding hydrogens is 281 g/mol. The van der Waals surface area contributed by atoms with E-state index in [4.69, 9.17) is 4.74 Å². The van der Waals surface area contributed by atoms with Crippen molar-refractivity contribution in [3.05, 3.63) is 59.4 Å². The van der Waals surface area contributed by atoms with Crippen LogP contribution >= 0.6 is 0 Å². The number of nitrogens with one attached hydrogen (secondary N) is 1. The normalized spacial score (nSPS) is 11.8. The maximum atomic E-state index is 13.6. The van der Waals surface area contributed by atoms with Crippen LogP contribution in [0, 0.1) is 19.7 Å². The molecule has 0 aliphatic rings. The van der Waals surface area contributed by atoms with Crippen molar-refractivity contribution in [1.29, 1.82) is 0 Å². The maximum absolute atomic E-state index is 13.6. The molecule has 0 aromatic heterocycles. The SMILES string of the molecule is CC[C@@H](Oc1cccc(C)c1C)C(=O)Nc1ccccc1F. The van der Waals surface area contributed by atoms with E-state index in [-0.39, 0.29) is 11.6 Å². The van der Waals surface area contributed by atoms with Gasteiger partial charge < -0.3 is 10.1 Å². The van der Waals surface area contributed by atoms with Crippen LogP contribution in [-0.4, -0.2) is 12.0 Å². The van der Waals surface area contributed by atoms with Crippen LogP contribution in [-0.2, 0) is 4.79 Å². The number of amides is 1. The van der Waals surface area contributed by atoms with Gasteiger partial charge in [0.05, 0.1) is 5.69 Å². The molecule has 2 aromatic carbocycles. The van der Waals surface area contributed by atoms with E-state index >= 15 is 0 Å². The molecule has 2 aromatic rings. The van der Waals surface area contributed by atoms with Gasteiger partial charge in [-0.3, -0.25) is 4.79 Å². The number of benzene rings is 2. The molecule has 0 fully saturated rings. The molecule has 0 aliphatic heterocycles. The number of aryl methyl sites for hydroxylation is 1. The highest BCUT2D eigenvalue weighted by Gasteiger charge is 2.20. The fraction of sp³-hybridized carbons (Fsp3) is 0.278. The van der Waals surface area contributed by atoms with Gasteiger partial charge in [0.2, 0.25) is 0 Å². The molecule has 2 rings (SSSR count). The topological polar surface area (TPSA) is 38.3 Å². The van der Waals surface area contributed by atoms with E-state index in [1.54, 1.807) is 12.1 Å². The lowest BCUT2D eigenvalue weighted by molar-refractivity contribution is -0.122. The Morgan fingerprint density at radius 3 is 2.59 bits per heavy atom. The van der Waals surface area contributed by atoms with Gasteiger partial charge in [0.15, 0.2) is 6.10 Å². The van der Waals surface area contributed by atoms with Crippen LogP contribution in [0.2, 0.25) is 0 Å². The number of carbonyl (C=O) groups excluding carboxylic acids is 1. The Bertz CT molecular complexity index is 670. The Morgan fingerprint density at radius 1 is 1.18 bits per heavy atom. The van der Waals surface area contributed by atoms with Crippen molar-refractivity contribution in [2.45, 2.75) is 33.3 Å². The fourth-order valence-corrected chi connectivity index (χ4v) is 2.10. The lowest BCUT2D eigenvalue weighted by Gasteiger charge is -2.19. The summed E-state index contributed by atoms with van der Waals surface area (Å²) < 4.78 is 19.4. The zero-order chi connectivity index (χ0) is 16.1. The van der Waals surface area contributed by atoms with E-state index in [0.29, 0.717) is 12.2 Å². The minimum Gasteiger partial charge on any atom is -0.480 e. The van der Waals surface area contributed by atoms with Crippen molar-refractivity contribution < 1.29 is 13.9 Å². The zero-order valence-electron chi connectivity index (χ0n) is 13.0. The van der Waals surface area contributed by atoms with Crippen LogP contribution in [0.15, 0.2) is 42.5 Å². The van der Waals surface area contributed by atoms with Gasteiger partial charge in [-0.1, -0.05) is 31.2 Å². The number of para-hydroxylation sites is 1. The predicted octanol–water partition coefficient (Wildman–Crippen LogP) is 4.24. The molecule has 1 amide bonds. The first-order valence-electron chi connectivity index (χ1n) is 7.31. The Balaban J connectivity index is 2.13. The van der Waals surface area contributed by atoms with E-state index < -0.39 is 11.9 Å². The molecule has 0 saturated heterocycles. The van der Waals surface area contributed by atoms with Crippen molar-refractivity contribution in [2.24, 2.45) is 0 Å². The standard InChI is InChI=1S/C18H20FNO2/c1-4-16(22-17-11-7-8-12(2)13(17)3)18(21)20-15-10-6-5-9-14(15)19/h5-11,16H,4H2,1-3H3,(H,20,21)/t16-/m1/s1. The third kappa shape index (κ3) is 3.64. The summed E-state index contributed by atoms with van der Waals surface area (Å²) in [6.45, 7) is 5.80. The molecule has 3 nitrogen and oxygen atoms in total. The Morgan fingerprint density at radius 2 is 1.91 bits per heavy atom. The second kappa shape index (κ2) is 7.07. The van der Waals surface area contributed by atoms with Crippen LogP contribution < -0.4 is 10.1 Å². The van der Waals surface area contributed by atoms with Crippen molar-refractivity contribution in [3.63, 3.8) is 0 Å². The highest BCUT2D eigenvalue weighted by Crippen LogP contribution is 2.23. The van der Waals surface area contributed by atoms with Crippen molar-refractivity contribution >= 4 is 11.6 Å². The van der Waals surface area contributed by atoms with Gasteiger partial charge in [-0.05, 0) is 49.6 Å². The van der Waals surface area contributed by atoms with Gasteiger partial charge in [-0.15, -0.1) is 0 Å². The first-order chi connectivity index (χ1) is 10.5. The molecule has 0 unspecified atom stereocenters. The lowest BCUT2D eigenvalue weighted by atomic mass is 10.1. The molecule has 0 heterocycles. The molecule has 22 heavy (non-hydrogen) atoms. The Labute approximate surface area is 130 Å². The highest BCUT2D eigenvalue weighted by molar-refractivity contribution is 5.94. The zero-order valence-corrected chi connectivity index (χ0v) is 13.0. The minimum absolute atomic E-state index is 0.163. The van der Waals surface area contributed by atoms with E-state index in [2.05, 4.69) is 5.32 Å². The number of hydrogen-bond acceptors (Lipinski definition) is 2. The summed E-state index contributed by atoms with van der Waals surface area (Å²) >= 11 is 0. The summed E-state index contributed by atoms with van der Waals surface area (Å²) in [5.74, 6) is -0.138. The smallest absolute Gasteiger partial charge is 0.265 e. The molecule has 1 N–H and O–H groups in total. The van der Waals surface area contributed by atoms with E-state index in [1.165, 1.54) is 12.1 Å². The summed E-state index contributed by atoms with van der Waals surface area (Å²) in [5, 5.41) is 2.58. The first-order valence-corrected chi connectivity index (χ1v) is 7.31. The summed E-state index contributed by atoms with van der Waals surface area (Å²) in [6.07, 6.45) is -0.173. The van der Waals surface area contributed by atoms with Gasteiger partial charge in [0, 0.05) is 0 Å². The van der Waals surface area contributed by atoms with Crippen LogP contribution in [0.1, 0.15) is 24.5 Å². The van der Waals surface area contributed by atoms with E-state index in [1.807, 2.05) is 39.0 Å². The predicted molar refractivity (Wildman–Crippen MR) is 85.7 cm³/mol. The third-order valence-corrected chi connectivity index (χ3v) is 3.62. The Hall–Kier alpha value is -2.36. The summed E-state index contributed by atoms with van der Waals surface area (Å²) in [6, 6.07) is 11.8. The van der Waals surface area contributed by atoms with Gasteiger partial charge >= 0.3 is 0 Å². The van der Waals surface area contributed by atoms with E-state index in [9.17, 15) is 9.18 Å². The number of hydrogen-bond donors (Lipinski definition) is 1. The van der Waals surface area contributed by atoms with Gasteiger partial charge in [0.25, 0.3) is 5.91 Å². The number of carbonyl (C=O) groups is 1. The molecule has 0 bridgehead atoms. The molecular formula is C18H20FNO2. The quantitative estimate of drug-likeness (QED) is 0.897. The maximum Gasteiger partial charge on any atom is 0.265 e. The van der Waals surface area contributed by atoms with Gasteiger partial charge in [0.1, 0.15) is 11.6 Å². The minimum atomic E-state index is -0.667. The van der Waals surface area contributed by atoms with Crippen molar-refractivity contribution in [3.8, 4) is 5.75 Å². The molecule has 116 valence electrons. The third-order valence-electron chi connectivity index (χ3n) is 3.62. The number of anilines is 1. The molecule has 1 atom stereocenters. The second-order valence-electron chi connectivity index (χ2n) is 5.18. The van der Waals surface area contributed by atoms with Gasteiger partial charge in [-0.2, -0.15) is 0 Å². The second-order valence-corrected chi connectivity index (χ2v) is 5.18. The fourth-order valence-electron chi connectivity index (χ4n) is 2.10. The summed E-state index contributed by atoms with van der Waals surface area (Å²) in [5.41, 5.74) is 2.26. The van der Waals surface area contributed by atoms with Crippen LogP contribution in [0.4, 0.5) is 10.1 Å². The largest absolute Gasteiger partial charge is 0.480 e. The average Bonchev–Trinajstić information content (AvgIpc) is 2.51. The van der Waals surface area contributed by atoms with Crippen molar-refractivity contribution in [2.75, 3.05) is 5.32 Å². The first kappa shape index (κ1) is 16.0. The number of halogens is 1. The van der Waals surface area contributed by atoms with Crippen molar-refractivity contribution in [1.82, 2.24) is 0 Å². The number of ether oxygens (including phenoxy) is 1. The summed E-state index contributed by atoms with van der Waals surface area (Å²) in [4.78, 5) is 12.3. The molecule has 0 aliphatic carbocycles. The molecule has 0 saturated carbocycles. The van der Waals surface area contributed by atoms with Crippen LogP contribution in [0.3, 0.4) is 0 Å². The van der Waals surface area contributed by atoms with Gasteiger partial charge in [-0.25, -0.2) is 4.39 Å². The van der Waals surface area contributed by atoms with E-state index in [0.717, 1.165) is 11.1 Å². The Kier molecular flexibility index (Phi) is 5.15. The summed E-state index contributed by atoms with van der Waals surface area (Å²) in [7, 11) is 0. The monoisotopic (exact) mass is 301 g/mol.